The number of carbonyl (C=O) groups is 2. The average Bonchev–Trinajstić information content (AvgIpc) is 2.32. The fourth-order valence-electron chi connectivity index (χ4n) is 2.15. The molecule has 0 aliphatic carbocycles. The van der Waals surface area contributed by atoms with Crippen LogP contribution >= 0.6 is 0 Å². The number of urea groups is 1. The Labute approximate surface area is 119 Å². The Morgan fingerprint density at radius 1 is 1.25 bits per heavy atom. The van der Waals surface area contributed by atoms with Gasteiger partial charge in [-0.25, -0.2) is 4.79 Å². The largest absolute Gasteiger partial charge is 0.481 e. The van der Waals surface area contributed by atoms with Gasteiger partial charge in [-0.05, 0) is 31.9 Å². The molecule has 2 N–H and O–H groups in total. The van der Waals surface area contributed by atoms with E-state index in [1.807, 2.05) is 32.9 Å². The van der Waals surface area contributed by atoms with Crippen LogP contribution in [-0.4, -0.2) is 35.6 Å². The average molecular weight is 278 g/mol. The summed E-state index contributed by atoms with van der Waals surface area (Å²) in [4.78, 5) is 24.3. The lowest BCUT2D eigenvalue weighted by molar-refractivity contribution is -0.141. The molecule has 1 aromatic rings. The van der Waals surface area contributed by atoms with Crippen molar-refractivity contribution in [1.29, 1.82) is 0 Å². The van der Waals surface area contributed by atoms with E-state index in [1.165, 1.54) is 4.90 Å². The summed E-state index contributed by atoms with van der Waals surface area (Å²) in [7, 11) is 1.59. The van der Waals surface area contributed by atoms with E-state index in [0.717, 1.165) is 22.4 Å². The number of hydrogen-bond donors (Lipinski definition) is 2. The van der Waals surface area contributed by atoms with Crippen molar-refractivity contribution in [3.05, 3.63) is 28.8 Å². The lowest BCUT2D eigenvalue weighted by Crippen LogP contribution is -2.36. The molecule has 1 aromatic carbocycles. The molecule has 1 unspecified atom stereocenters. The number of carboxylic acid groups (broad SMARTS) is 1. The predicted octanol–water partition coefficient (Wildman–Crippen LogP) is 2.80. The van der Waals surface area contributed by atoms with E-state index in [0.29, 0.717) is 0 Å². The third-order valence-electron chi connectivity index (χ3n) is 3.22. The van der Waals surface area contributed by atoms with Crippen LogP contribution in [0, 0.1) is 26.7 Å². The third kappa shape index (κ3) is 3.98. The van der Waals surface area contributed by atoms with Crippen LogP contribution in [0.5, 0.6) is 0 Å². The van der Waals surface area contributed by atoms with Crippen LogP contribution in [0.2, 0.25) is 0 Å². The van der Waals surface area contributed by atoms with Crippen molar-refractivity contribution in [1.82, 2.24) is 4.90 Å². The molecule has 0 radical (unpaired) electrons. The van der Waals surface area contributed by atoms with Crippen molar-refractivity contribution in [2.45, 2.75) is 27.7 Å². The van der Waals surface area contributed by atoms with Crippen LogP contribution in [0.4, 0.5) is 10.5 Å². The quantitative estimate of drug-likeness (QED) is 0.889. The first-order chi connectivity index (χ1) is 9.22. The molecule has 0 fully saturated rings. The molecule has 0 bridgehead atoms. The molecule has 5 heteroatoms. The van der Waals surface area contributed by atoms with Gasteiger partial charge in [0.05, 0.1) is 5.92 Å². The minimum Gasteiger partial charge on any atom is -0.481 e. The van der Waals surface area contributed by atoms with E-state index in [2.05, 4.69) is 5.32 Å². The smallest absolute Gasteiger partial charge is 0.321 e. The highest BCUT2D eigenvalue weighted by atomic mass is 16.4. The summed E-state index contributed by atoms with van der Waals surface area (Å²) in [6, 6.07) is 3.71. The summed E-state index contributed by atoms with van der Waals surface area (Å²) in [6.07, 6.45) is 0. The molecule has 20 heavy (non-hydrogen) atoms. The van der Waals surface area contributed by atoms with Crippen LogP contribution in [0.15, 0.2) is 12.1 Å². The van der Waals surface area contributed by atoms with Gasteiger partial charge in [-0.3, -0.25) is 4.79 Å². The number of rotatable bonds is 4. The zero-order valence-electron chi connectivity index (χ0n) is 12.7. The van der Waals surface area contributed by atoms with E-state index in [9.17, 15) is 9.59 Å². The van der Waals surface area contributed by atoms with Crippen LogP contribution in [-0.2, 0) is 4.79 Å². The first-order valence-corrected chi connectivity index (χ1v) is 6.55. The normalized spacial score (nSPS) is 11.8. The maximum atomic E-state index is 12.1. The van der Waals surface area contributed by atoms with Gasteiger partial charge in [0.15, 0.2) is 0 Å². The van der Waals surface area contributed by atoms with Crippen molar-refractivity contribution < 1.29 is 14.7 Å². The Hall–Kier alpha value is -2.04. The summed E-state index contributed by atoms with van der Waals surface area (Å²) < 4.78 is 0. The maximum Gasteiger partial charge on any atom is 0.321 e. The van der Waals surface area contributed by atoms with Gasteiger partial charge in [-0.15, -0.1) is 0 Å². The van der Waals surface area contributed by atoms with E-state index in [1.54, 1.807) is 14.0 Å². The molecule has 5 nitrogen and oxygen atoms in total. The summed E-state index contributed by atoms with van der Waals surface area (Å²) in [5.41, 5.74) is 3.92. The number of aliphatic carboxylic acids is 1. The molecular formula is C15H22N2O3. The number of benzene rings is 1. The first kappa shape index (κ1) is 16.0. The molecule has 0 aliphatic rings. The zero-order chi connectivity index (χ0) is 15.4. The molecule has 1 atom stereocenters. The van der Waals surface area contributed by atoms with Crippen molar-refractivity contribution in [3.8, 4) is 0 Å². The standard InChI is InChI=1S/C15H22N2O3/c1-9-6-10(2)13(11(3)7-9)16-15(20)17(5)8-12(4)14(18)19/h6-7,12H,8H2,1-5H3,(H,16,20)(H,18,19). The molecule has 2 amide bonds. The second-order valence-corrected chi connectivity index (χ2v) is 5.32. The summed E-state index contributed by atoms with van der Waals surface area (Å²) in [6.45, 7) is 7.64. The molecule has 1 rings (SSSR count). The Morgan fingerprint density at radius 3 is 2.20 bits per heavy atom. The highest BCUT2D eigenvalue weighted by Crippen LogP contribution is 2.22. The fourth-order valence-corrected chi connectivity index (χ4v) is 2.15. The maximum absolute atomic E-state index is 12.1. The molecule has 0 saturated heterocycles. The minimum atomic E-state index is -0.910. The lowest BCUT2D eigenvalue weighted by Gasteiger charge is -2.21. The molecule has 0 spiro atoms. The molecule has 0 aliphatic heterocycles. The SMILES string of the molecule is Cc1cc(C)c(NC(=O)N(C)CC(C)C(=O)O)c(C)c1. The molecule has 0 saturated carbocycles. The summed E-state index contributed by atoms with van der Waals surface area (Å²) in [5, 5.41) is 11.7. The molecule has 110 valence electrons. The van der Waals surface area contributed by atoms with Gasteiger partial charge >= 0.3 is 12.0 Å². The van der Waals surface area contributed by atoms with Crippen LogP contribution < -0.4 is 5.32 Å². The molecule has 0 aromatic heterocycles. The number of carboxylic acids is 1. The van der Waals surface area contributed by atoms with E-state index >= 15 is 0 Å². The monoisotopic (exact) mass is 278 g/mol. The Kier molecular flexibility index (Phi) is 5.13. The number of aryl methyl sites for hydroxylation is 3. The lowest BCUT2D eigenvalue weighted by atomic mass is 10.1. The Morgan fingerprint density at radius 2 is 1.75 bits per heavy atom. The van der Waals surface area contributed by atoms with Crippen LogP contribution in [0.25, 0.3) is 0 Å². The number of hydrogen-bond acceptors (Lipinski definition) is 2. The molecule has 0 heterocycles. The first-order valence-electron chi connectivity index (χ1n) is 6.55. The number of nitrogens with one attached hydrogen (secondary N) is 1. The van der Waals surface area contributed by atoms with Gasteiger partial charge in [0.25, 0.3) is 0 Å². The topological polar surface area (TPSA) is 69.6 Å². The number of carbonyl (C=O) groups excluding carboxylic acids is 1. The van der Waals surface area contributed by atoms with Gasteiger partial charge in [0.2, 0.25) is 0 Å². The fraction of sp³-hybridized carbons (Fsp3) is 0.467. The van der Waals surface area contributed by atoms with Crippen LogP contribution in [0.1, 0.15) is 23.6 Å². The van der Waals surface area contributed by atoms with Gasteiger partial charge in [0.1, 0.15) is 0 Å². The zero-order valence-corrected chi connectivity index (χ0v) is 12.7. The molecular weight excluding hydrogens is 256 g/mol. The van der Waals surface area contributed by atoms with Crippen molar-refractivity contribution in [2.24, 2.45) is 5.92 Å². The third-order valence-corrected chi connectivity index (χ3v) is 3.22. The Bertz CT molecular complexity index is 503. The van der Waals surface area contributed by atoms with E-state index < -0.39 is 11.9 Å². The number of anilines is 1. The highest BCUT2D eigenvalue weighted by Gasteiger charge is 2.18. The predicted molar refractivity (Wildman–Crippen MR) is 79.1 cm³/mol. The van der Waals surface area contributed by atoms with E-state index in [4.69, 9.17) is 5.11 Å². The van der Waals surface area contributed by atoms with Gasteiger partial charge in [-0.1, -0.05) is 24.6 Å². The van der Waals surface area contributed by atoms with Gasteiger partial charge in [0, 0.05) is 19.3 Å². The summed E-state index contributed by atoms with van der Waals surface area (Å²) in [5.74, 6) is -1.50. The Balaban J connectivity index is 2.78. The number of nitrogens with zero attached hydrogens (tertiary/aromatic N) is 1. The van der Waals surface area contributed by atoms with E-state index in [-0.39, 0.29) is 12.6 Å². The van der Waals surface area contributed by atoms with Crippen molar-refractivity contribution in [3.63, 3.8) is 0 Å². The van der Waals surface area contributed by atoms with Gasteiger partial charge in [-0.2, -0.15) is 0 Å². The van der Waals surface area contributed by atoms with Crippen LogP contribution in [0.3, 0.4) is 0 Å². The second kappa shape index (κ2) is 6.41. The summed E-state index contributed by atoms with van der Waals surface area (Å²) >= 11 is 0. The number of amides is 2. The van der Waals surface area contributed by atoms with Gasteiger partial charge < -0.3 is 15.3 Å². The second-order valence-electron chi connectivity index (χ2n) is 5.32. The van der Waals surface area contributed by atoms with Crippen molar-refractivity contribution >= 4 is 17.7 Å². The highest BCUT2D eigenvalue weighted by molar-refractivity contribution is 5.91. The van der Waals surface area contributed by atoms with Crippen molar-refractivity contribution in [2.75, 3.05) is 18.9 Å². The minimum absolute atomic E-state index is 0.172.